The van der Waals surface area contributed by atoms with Gasteiger partial charge in [0, 0.05) is 25.6 Å². The van der Waals surface area contributed by atoms with Crippen LogP contribution in [-0.2, 0) is 0 Å². The Morgan fingerprint density at radius 3 is 2.19 bits per heavy atom. The monoisotopic (exact) mass is 282 g/mol. The number of rotatable bonds is 5. The molecule has 0 aliphatic heterocycles. The van der Waals surface area contributed by atoms with Crippen molar-refractivity contribution in [3.63, 3.8) is 0 Å². The van der Waals surface area contributed by atoms with Crippen LogP contribution in [0.3, 0.4) is 0 Å². The number of hydrogen-bond acceptors (Lipinski definition) is 2. The molecule has 1 atom stereocenters. The molecule has 0 bridgehead atoms. The van der Waals surface area contributed by atoms with Crippen LogP contribution >= 0.6 is 0 Å². The topological polar surface area (TPSA) is 24.7 Å². The molecule has 0 spiro atoms. The Kier molecular flexibility index (Phi) is 6.80. The summed E-state index contributed by atoms with van der Waals surface area (Å²) in [5, 5.41) is 0. The fourth-order valence-electron chi connectivity index (χ4n) is 2.11. The van der Waals surface area contributed by atoms with Gasteiger partial charge < -0.3 is 0 Å². The maximum atomic E-state index is 4.48. The van der Waals surface area contributed by atoms with E-state index in [0.29, 0.717) is 0 Å². The van der Waals surface area contributed by atoms with Gasteiger partial charge in [0.25, 0.3) is 0 Å². The summed E-state index contributed by atoms with van der Waals surface area (Å²) in [6.45, 7) is 8.39. The average molecular weight is 282 g/mol. The molecule has 0 heterocycles. The van der Waals surface area contributed by atoms with Crippen LogP contribution in [0, 0.1) is 12.8 Å². The molecule has 1 unspecified atom stereocenters. The fraction of sp³-hybridized carbons (Fsp3) is 0.368. The molecule has 0 N–H and O–H groups in total. The Balaban J connectivity index is 3.07. The van der Waals surface area contributed by atoms with Crippen LogP contribution < -0.4 is 0 Å². The van der Waals surface area contributed by atoms with E-state index in [-0.39, 0.29) is 5.92 Å². The lowest BCUT2D eigenvalue weighted by atomic mass is 9.94. The van der Waals surface area contributed by atoms with E-state index < -0.39 is 0 Å². The van der Waals surface area contributed by atoms with E-state index in [4.69, 9.17) is 0 Å². The maximum absolute atomic E-state index is 4.48. The molecule has 0 saturated carbocycles. The summed E-state index contributed by atoms with van der Waals surface area (Å²) in [6.07, 6.45) is 6.41. The summed E-state index contributed by atoms with van der Waals surface area (Å²) in [6, 6.07) is 8.43. The summed E-state index contributed by atoms with van der Waals surface area (Å²) in [7, 11) is 3.66. The summed E-state index contributed by atoms with van der Waals surface area (Å²) >= 11 is 0. The van der Waals surface area contributed by atoms with Crippen LogP contribution in [0.4, 0.5) is 0 Å². The van der Waals surface area contributed by atoms with Crippen LogP contribution in [-0.4, -0.2) is 25.5 Å². The number of allylic oxidation sites excluding steroid dienone is 4. The first-order valence-electron chi connectivity index (χ1n) is 7.35. The zero-order chi connectivity index (χ0) is 15.8. The van der Waals surface area contributed by atoms with Gasteiger partial charge >= 0.3 is 0 Å². The lowest BCUT2D eigenvalue weighted by Crippen LogP contribution is -2.22. The molecule has 0 aromatic heterocycles. The van der Waals surface area contributed by atoms with Crippen molar-refractivity contribution in [2.24, 2.45) is 15.9 Å². The van der Waals surface area contributed by atoms with Crippen LogP contribution in [0.5, 0.6) is 0 Å². The third kappa shape index (κ3) is 4.82. The van der Waals surface area contributed by atoms with E-state index in [1.807, 2.05) is 21.0 Å². The second-order valence-corrected chi connectivity index (χ2v) is 5.23. The Bertz CT molecular complexity index is 572. The number of aliphatic imine (C=N–C) groups is 2. The van der Waals surface area contributed by atoms with E-state index in [1.54, 1.807) is 0 Å². The molecule has 2 nitrogen and oxygen atoms in total. The summed E-state index contributed by atoms with van der Waals surface area (Å²) in [5.74, 6) is 0.227. The quantitative estimate of drug-likeness (QED) is 0.555. The molecule has 1 rings (SSSR count). The van der Waals surface area contributed by atoms with Gasteiger partial charge in [0.15, 0.2) is 0 Å². The van der Waals surface area contributed by atoms with Crippen molar-refractivity contribution in [2.75, 3.05) is 14.1 Å². The molecule has 0 saturated heterocycles. The standard InChI is InChI=1S/C19H26N2/c1-7-14(2)8-11-16(4)18(20-5)19(21-6)17-12-9-15(3)10-13-17/h7-13,16H,1-6H3/b11-8-,14-7-,20-18?,21-19?. The Hall–Kier alpha value is -1.96. The number of hydrogen-bond donors (Lipinski definition) is 0. The highest BCUT2D eigenvalue weighted by molar-refractivity contribution is 6.49. The predicted octanol–water partition coefficient (Wildman–Crippen LogP) is 4.64. The predicted molar refractivity (Wildman–Crippen MR) is 94.7 cm³/mol. The van der Waals surface area contributed by atoms with Gasteiger partial charge in [0.1, 0.15) is 0 Å². The van der Waals surface area contributed by atoms with E-state index in [0.717, 1.165) is 17.0 Å². The molecule has 2 heteroatoms. The van der Waals surface area contributed by atoms with Crippen molar-refractivity contribution in [2.45, 2.75) is 27.7 Å². The first-order valence-corrected chi connectivity index (χ1v) is 7.35. The summed E-state index contributed by atoms with van der Waals surface area (Å²) in [4.78, 5) is 8.94. The maximum Gasteiger partial charge on any atom is 0.0859 e. The molecular formula is C19H26N2. The number of nitrogens with zero attached hydrogens (tertiary/aromatic N) is 2. The highest BCUT2D eigenvalue weighted by Gasteiger charge is 2.15. The minimum Gasteiger partial charge on any atom is -0.290 e. The smallest absolute Gasteiger partial charge is 0.0859 e. The Morgan fingerprint density at radius 2 is 1.71 bits per heavy atom. The Labute approximate surface area is 129 Å². The van der Waals surface area contributed by atoms with Crippen LogP contribution in [0.2, 0.25) is 0 Å². The zero-order valence-corrected chi connectivity index (χ0v) is 14.0. The van der Waals surface area contributed by atoms with Crippen molar-refractivity contribution in [1.82, 2.24) is 0 Å². The first-order chi connectivity index (χ1) is 10.0. The second-order valence-electron chi connectivity index (χ2n) is 5.23. The SMILES string of the molecule is C/C=C(C)\C=C/C(C)C(=NC)C(=NC)c1ccc(C)cc1. The van der Waals surface area contributed by atoms with Crippen LogP contribution in [0.25, 0.3) is 0 Å². The van der Waals surface area contributed by atoms with Crippen molar-refractivity contribution >= 4 is 11.4 Å². The first kappa shape index (κ1) is 17.1. The van der Waals surface area contributed by atoms with Gasteiger partial charge in [0.05, 0.1) is 11.4 Å². The minimum absolute atomic E-state index is 0.227. The van der Waals surface area contributed by atoms with Crippen LogP contribution in [0.1, 0.15) is 31.9 Å². The van der Waals surface area contributed by atoms with Crippen molar-refractivity contribution < 1.29 is 0 Å². The van der Waals surface area contributed by atoms with Gasteiger partial charge in [0.2, 0.25) is 0 Å². The lowest BCUT2D eigenvalue weighted by molar-refractivity contribution is 1.000. The molecule has 0 radical (unpaired) electrons. The zero-order valence-electron chi connectivity index (χ0n) is 14.0. The van der Waals surface area contributed by atoms with Crippen LogP contribution in [0.15, 0.2) is 58.1 Å². The highest BCUT2D eigenvalue weighted by atomic mass is 14.8. The molecule has 0 amide bonds. The van der Waals surface area contributed by atoms with E-state index in [2.05, 4.69) is 73.2 Å². The summed E-state index contributed by atoms with van der Waals surface area (Å²) in [5.41, 5.74) is 5.60. The fourth-order valence-corrected chi connectivity index (χ4v) is 2.11. The van der Waals surface area contributed by atoms with E-state index in [9.17, 15) is 0 Å². The minimum atomic E-state index is 0.227. The average Bonchev–Trinajstić information content (AvgIpc) is 2.50. The van der Waals surface area contributed by atoms with Gasteiger partial charge in [-0.2, -0.15) is 0 Å². The Morgan fingerprint density at radius 1 is 1.10 bits per heavy atom. The largest absolute Gasteiger partial charge is 0.290 e. The van der Waals surface area contributed by atoms with E-state index >= 15 is 0 Å². The molecule has 1 aromatic carbocycles. The second kappa shape index (κ2) is 8.35. The molecule has 0 fully saturated rings. The van der Waals surface area contributed by atoms with Gasteiger partial charge in [-0.05, 0) is 20.8 Å². The number of benzene rings is 1. The molecule has 1 aromatic rings. The van der Waals surface area contributed by atoms with Crippen molar-refractivity contribution in [3.05, 3.63) is 59.2 Å². The van der Waals surface area contributed by atoms with Crippen molar-refractivity contribution in [1.29, 1.82) is 0 Å². The normalized spacial score (nSPS) is 15.6. The molecule has 0 aliphatic rings. The third-order valence-electron chi connectivity index (χ3n) is 3.57. The third-order valence-corrected chi connectivity index (χ3v) is 3.57. The summed E-state index contributed by atoms with van der Waals surface area (Å²) < 4.78 is 0. The van der Waals surface area contributed by atoms with Crippen molar-refractivity contribution in [3.8, 4) is 0 Å². The molecule has 112 valence electrons. The molecule has 0 aliphatic carbocycles. The van der Waals surface area contributed by atoms with Gasteiger partial charge in [-0.1, -0.05) is 60.6 Å². The lowest BCUT2D eigenvalue weighted by Gasteiger charge is -2.14. The van der Waals surface area contributed by atoms with Gasteiger partial charge in [-0.25, -0.2) is 0 Å². The molecular weight excluding hydrogens is 256 g/mol. The number of aryl methyl sites for hydroxylation is 1. The highest BCUT2D eigenvalue weighted by Crippen LogP contribution is 2.13. The molecule has 21 heavy (non-hydrogen) atoms. The van der Waals surface area contributed by atoms with Gasteiger partial charge in [-0.3, -0.25) is 9.98 Å². The van der Waals surface area contributed by atoms with Gasteiger partial charge in [-0.15, -0.1) is 0 Å². The van der Waals surface area contributed by atoms with E-state index in [1.165, 1.54) is 11.1 Å².